The Balaban J connectivity index is 2.28. The van der Waals surface area contributed by atoms with Gasteiger partial charge in [0, 0.05) is 11.8 Å². The molecule has 0 bridgehead atoms. The molecule has 8 nitrogen and oxygen atoms in total. The van der Waals surface area contributed by atoms with E-state index in [9.17, 15) is 9.90 Å². The number of methoxy groups -OCH3 is 1. The molecule has 0 spiro atoms. The highest BCUT2D eigenvalue weighted by atomic mass is 16.5. The number of nitrogen functional groups attached to an aromatic ring is 1. The lowest BCUT2D eigenvalue weighted by Crippen LogP contribution is -2.25. The van der Waals surface area contributed by atoms with Crippen molar-refractivity contribution < 1.29 is 14.6 Å². The van der Waals surface area contributed by atoms with Crippen LogP contribution < -0.4 is 11.1 Å². The number of aromatic nitrogens is 3. The van der Waals surface area contributed by atoms with Crippen molar-refractivity contribution in [3.8, 4) is 5.88 Å². The molecule has 2 aromatic rings. The van der Waals surface area contributed by atoms with E-state index in [1.54, 1.807) is 12.3 Å². The molecule has 1 amide bonds. The van der Waals surface area contributed by atoms with Crippen LogP contribution in [0.1, 0.15) is 21.7 Å². The fourth-order valence-electron chi connectivity index (χ4n) is 2.26. The molecule has 20 heavy (non-hydrogen) atoms. The summed E-state index contributed by atoms with van der Waals surface area (Å²) >= 11 is 0. The minimum Gasteiger partial charge on any atom is -0.498 e. The molecule has 104 valence electrons. The summed E-state index contributed by atoms with van der Waals surface area (Å²) in [4.78, 5) is 21.3. The molecule has 0 radical (unpaired) electrons. The molecule has 0 aliphatic carbocycles. The van der Waals surface area contributed by atoms with E-state index in [-0.39, 0.29) is 24.3 Å². The fraction of sp³-hybridized carbons (Fsp3) is 0.167. The van der Waals surface area contributed by atoms with Gasteiger partial charge in [-0.1, -0.05) is 0 Å². The van der Waals surface area contributed by atoms with E-state index in [1.165, 1.54) is 7.11 Å². The van der Waals surface area contributed by atoms with Crippen LogP contribution >= 0.6 is 0 Å². The average molecular weight is 275 g/mol. The van der Waals surface area contributed by atoms with Crippen LogP contribution in [-0.2, 0) is 4.74 Å². The summed E-state index contributed by atoms with van der Waals surface area (Å²) in [5.41, 5.74) is 7.41. The first-order chi connectivity index (χ1) is 9.61. The largest absolute Gasteiger partial charge is 0.498 e. The smallest absolute Gasteiger partial charge is 0.268 e. The number of carbonyl (C=O) groups is 1. The lowest BCUT2D eigenvalue weighted by molar-refractivity contribution is 0.0948. The molecular weight excluding hydrogens is 262 g/mol. The number of nitrogens with two attached hydrogens (primary N) is 1. The van der Waals surface area contributed by atoms with Crippen LogP contribution in [-0.4, -0.2) is 39.6 Å². The molecule has 0 atom stereocenters. The van der Waals surface area contributed by atoms with Crippen molar-refractivity contribution in [1.82, 2.24) is 20.3 Å². The van der Waals surface area contributed by atoms with E-state index in [1.807, 2.05) is 0 Å². The highest BCUT2D eigenvalue weighted by Crippen LogP contribution is 2.34. The molecular formula is C12H13N5O3. The zero-order valence-electron chi connectivity index (χ0n) is 10.7. The summed E-state index contributed by atoms with van der Waals surface area (Å²) in [5.74, 6) is 0.0896. The SMILES string of the molecule is COC1=C(c2[nH]c(N)nc2O)c2cc[nH]c2C(=O)NC1. The Morgan fingerprint density at radius 1 is 1.45 bits per heavy atom. The van der Waals surface area contributed by atoms with Gasteiger partial charge in [0.25, 0.3) is 5.91 Å². The molecule has 0 saturated carbocycles. The van der Waals surface area contributed by atoms with Crippen molar-refractivity contribution in [2.75, 3.05) is 19.4 Å². The van der Waals surface area contributed by atoms with Gasteiger partial charge < -0.3 is 30.9 Å². The number of imidazole rings is 1. The Morgan fingerprint density at radius 2 is 2.25 bits per heavy atom. The maximum atomic E-state index is 12.0. The molecule has 6 N–H and O–H groups in total. The number of rotatable bonds is 2. The highest BCUT2D eigenvalue weighted by molar-refractivity contribution is 6.01. The monoisotopic (exact) mass is 275 g/mol. The third-order valence-corrected chi connectivity index (χ3v) is 3.13. The molecule has 0 unspecified atom stereocenters. The summed E-state index contributed by atoms with van der Waals surface area (Å²) < 4.78 is 5.33. The number of hydrogen-bond acceptors (Lipinski definition) is 5. The van der Waals surface area contributed by atoms with Crippen molar-refractivity contribution in [3.63, 3.8) is 0 Å². The van der Waals surface area contributed by atoms with Crippen LogP contribution in [0.15, 0.2) is 18.0 Å². The van der Waals surface area contributed by atoms with Crippen molar-refractivity contribution in [2.45, 2.75) is 0 Å². The highest BCUT2D eigenvalue weighted by Gasteiger charge is 2.27. The molecule has 0 aromatic carbocycles. The van der Waals surface area contributed by atoms with E-state index >= 15 is 0 Å². The van der Waals surface area contributed by atoms with Crippen LogP contribution in [0.25, 0.3) is 5.57 Å². The molecule has 0 saturated heterocycles. The lowest BCUT2D eigenvalue weighted by atomic mass is 10.0. The van der Waals surface area contributed by atoms with Gasteiger partial charge in [0.15, 0.2) is 0 Å². The predicted octanol–water partition coefficient (Wildman–Crippen LogP) is 0.175. The number of H-pyrrole nitrogens is 2. The maximum Gasteiger partial charge on any atom is 0.268 e. The van der Waals surface area contributed by atoms with Crippen molar-refractivity contribution in [1.29, 1.82) is 0 Å². The number of aromatic amines is 2. The first-order valence-electron chi connectivity index (χ1n) is 5.89. The Labute approximate surface area is 113 Å². The quantitative estimate of drug-likeness (QED) is 0.533. The van der Waals surface area contributed by atoms with Crippen molar-refractivity contribution in [2.24, 2.45) is 0 Å². The number of amides is 1. The van der Waals surface area contributed by atoms with Gasteiger partial charge in [0.2, 0.25) is 11.8 Å². The van der Waals surface area contributed by atoms with E-state index in [2.05, 4.69) is 20.3 Å². The van der Waals surface area contributed by atoms with E-state index in [0.717, 1.165) is 0 Å². The number of hydrogen-bond donors (Lipinski definition) is 5. The molecule has 1 aliphatic heterocycles. The number of nitrogens with zero attached hydrogens (tertiary/aromatic N) is 1. The van der Waals surface area contributed by atoms with Gasteiger partial charge >= 0.3 is 0 Å². The second-order valence-corrected chi connectivity index (χ2v) is 4.27. The number of ether oxygens (including phenoxy) is 1. The Bertz CT molecular complexity index is 713. The van der Waals surface area contributed by atoms with E-state index in [4.69, 9.17) is 10.5 Å². The number of carbonyl (C=O) groups excluding carboxylic acids is 1. The second-order valence-electron chi connectivity index (χ2n) is 4.27. The Kier molecular flexibility index (Phi) is 2.63. The normalized spacial score (nSPS) is 14.8. The molecule has 3 rings (SSSR count). The van der Waals surface area contributed by atoms with Crippen molar-refractivity contribution >= 4 is 17.4 Å². The van der Waals surface area contributed by atoms with Crippen LogP contribution in [0.4, 0.5) is 5.95 Å². The standard InChI is InChI=1S/C12H13N5O3/c1-20-6-4-15-10(18)8-5(2-3-14-8)7(6)9-11(19)17-12(13)16-9/h2-3,14,19H,4H2,1H3,(H,15,18)(H3,13,16,17). The summed E-state index contributed by atoms with van der Waals surface area (Å²) in [5, 5.41) is 12.6. The fourth-order valence-corrected chi connectivity index (χ4v) is 2.26. The van der Waals surface area contributed by atoms with Gasteiger partial charge in [0.05, 0.1) is 19.2 Å². The van der Waals surface area contributed by atoms with E-state index < -0.39 is 0 Å². The Morgan fingerprint density at radius 3 is 2.90 bits per heavy atom. The zero-order valence-corrected chi connectivity index (χ0v) is 10.7. The number of nitrogens with one attached hydrogen (secondary N) is 3. The van der Waals surface area contributed by atoms with Gasteiger partial charge in [-0.25, -0.2) is 0 Å². The minimum atomic E-state index is -0.249. The predicted molar refractivity (Wildman–Crippen MR) is 70.8 cm³/mol. The van der Waals surface area contributed by atoms with Crippen LogP contribution in [0.2, 0.25) is 0 Å². The zero-order chi connectivity index (χ0) is 14.3. The summed E-state index contributed by atoms with van der Waals surface area (Å²) in [7, 11) is 1.50. The summed E-state index contributed by atoms with van der Waals surface area (Å²) in [6, 6.07) is 1.73. The number of aromatic hydroxyl groups is 1. The van der Waals surface area contributed by atoms with Gasteiger partial charge in [0.1, 0.15) is 17.1 Å². The molecule has 8 heteroatoms. The Hall–Kier alpha value is -2.90. The van der Waals surface area contributed by atoms with Crippen LogP contribution in [0.3, 0.4) is 0 Å². The first-order valence-corrected chi connectivity index (χ1v) is 5.89. The van der Waals surface area contributed by atoms with Gasteiger partial charge in [-0.05, 0) is 6.07 Å². The van der Waals surface area contributed by atoms with Gasteiger partial charge in [-0.15, -0.1) is 0 Å². The summed E-state index contributed by atoms with van der Waals surface area (Å²) in [6.07, 6.45) is 1.64. The van der Waals surface area contributed by atoms with Gasteiger partial charge in [-0.3, -0.25) is 4.79 Å². The second kappa shape index (κ2) is 4.34. The molecule has 3 heterocycles. The summed E-state index contributed by atoms with van der Waals surface area (Å²) in [6.45, 7) is 0.200. The first kappa shape index (κ1) is 12.2. The third-order valence-electron chi connectivity index (χ3n) is 3.13. The number of anilines is 1. The minimum absolute atomic E-state index is 0.0843. The molecule has 2 aromatic heterocycles. The topological polar surface area (TPSA) is 129 Å². The molecule has 0 fully saturated rings. The van der Waals surface area contributed by atoms with Gasteiger partial charge in [-0.2, -0.15) is 4.98 Å². The third kappa shape index (κ3) is 1.69. The van der Waals surface area contributed by atoms with Crippen LogP contribution in [0.5, 0.6) is 5.88 Å². The number of fused-ring (bicyclic) bond motifs is 1. The lowest BCUT2D eigenvalue weighted by Gasteiger charge is -2.10. The van der Waals surface area contributed by atoms with E-state index in [0.29, 0.717) is 28.3 Å². The maximum absolute atomic E-state index is 12.0. The van der Waals surface area contributed by atoms with Crippen LogP contribution in [0, 0.1) is 0 Å². The van der Waals surface area contributed by atoms with Crippen molar-refractivity contribution in [3.05, 3.63) is 35.0 Å². The molecule has 1 aliphatic rings. The average Bonchev–Trinajstić information content (AvgIpc) is 2.98.